The van der Waals surface area contributed by atoms with Crippen molar-refractivity contribution in [2.75, 3.05) is 0 Å². The smallest absolute Gasteiger partial charge is 0.108 e. The van der Waals surface area contributed by atoms with Gasteiger partial charge in [-0.15, -0.1) is 0 Å². The highest BCUT2D eigenvalue weighted by atomic mass is 14.1. The van der Waals surface area contributed by atoms with Gasteiger partial charge in [0.25, 0.3) is 0 Å². The largest absolute Gasteiger partial charge is 0.195 e. The van der Waals surface area contributed by atoms with Gasteiger partial charge in [-0.3, -0.25) is 0 Å². The van der Waals surface area contributed by atoms with Crippen molar-refractivity contribution in [3.05, 3.63) is 117 Å². The molecular weight excluding hydrogens is 395 g/mol. The van der Waals surface area contributed by atoms with Crippen LogP contribution in [0.25, 0.3) is 0 Å². The van der Waals surface area contributed by atoms with Gasteiger partial charge in [-0.1, -0.05) is 95.1 Å². The Morgan fingerprint density at radius 2 is 0.515 bits per heavy atom. The molecule has 0 aromatic heterocycles. The summed E-state index contributed by atoms with van der Waals surface area (Å²) in [5.74, 6) is 0. The zero-order valence-corrected chi connectivity index (χ0v) is 21.5. The summed E-state index contributed by atoms with van der Waals surface area (Å²) in [7, 11) is 0. The van der Waals surface area contributed by atoms with Crippen molar-refractivity contribution in [3.8, 4) is 0 Å². The molecule has 0 aliphatic rings. The molecule has 0 aliphatic heterocycles. The van der Waals surface area contributed by atoms with E-state index in [1.807, 2.05) is 0 Å². The molecule has 0 nitrogen and oxygen atoms in total. The highest BCUT2D eigenvalue weighted by Crippen LogP contribution is 2.17. The summed E-state index contributed by atoms with van der Waals surface area (Å²) < 4.78 is 0. The second-order valence-electron chi connectivity index (χ2n) is 10.2. The zero-order chi connectivity index (χ0) is 23.9. The van der Waals surface area contributed by atoms with Crippen molar-refractivity contribution in [1.29, 1.82) is 0 Å². The van der Waals surface area contributed by atoms with Crippen LogP contribution in [0.1, 0.15) is 44.5 Å². The summed E-state index contributed by atoms with van der Waals surface area (Å²) in [6.07, 6.45) is -1.35. The minimum absolute atomic E-state index is 1.34. The fourth-order valence-corrected chi connectivity index (χ4v) is 5.29. The molecule has 0 heterocycles. The summed E-state index contributed by atoms with van der Waals surface area (Å²) in [5.41, 5.74) is 16.2. The van der Waals surface area contributed by atoms with Crippen LogP contribution in [0, 0.1) is 55.4 Å². The maximum Gasteiger partial charge on any atom is 0.108 e. The van der Waals surface area contributed by atoms with E-state index in [0.29, 0.717) is 0 Å². The van der Waals surface area contributed by atoms with Gasteiger partial charge in [-0.05, 0) is 77.6 Å². The zero-order valence-electron chi connectivity index (χ0n) is 21.5. The standard InChI is InChI=1S/C32H36B/c1-21-9-13-29(17-25(21)5)33(30-14-10-22(2)26(6)18-30,31-15-11-23(3)27(7)19-31)32-16-12-24(4)28(8)20-32/h9-20H,1-8H3/q-1. The van der Waals surface area contributed by atoms with Crippen molar-refractivity contribution in [3.63, 3.8) is 0 Å². The minimum atomic E-state index is -1.35. The molecule has 0 unspecified atom stereocenters. The van der Waals surface area contributed by atoms with Crippen LogP contribution in [-0.2, 0) is 0 Å². The Kier molecular flexibility index (Phi) is 6.10. The first-order chi connectivity index (χ1) is 15.6. The molecular formula is C32H36B-. The fourth-order valence-electron chi connectivity index (χ4n) is 5.29. The van der Waals surface area contributed by atoms with Gasteiger partial charge in [0.2, 0.25) is 0 Å². The Labute approximate surface area is 200 Å². The van der Waals surface area contributed by atoms with Crippen LogP contribution in [0.4, 0.5) is 0 Å². The van der Waals surface area contributed by atoms with Crippen molar-refractivity contribution >= 4 is 28.0 Å². The predicted octanol–water partition coefficient (Wildman–Crippen LogP) is 5.53. The van der Waals surface area contributed by atoms with Crippen LogP contribution < -0.4 is 21.9 Å². The average molecular weight is 431 g/mol. The number of hydrogen-bond acceptors (Lipinski definition) is 0. The normalized spacial score (nSPS) is 11.6. The fraction of sp³-hybridized carbons (Fsp3) is 0.250. The lowest BCUT2D eigenvalue weighted by molar-refractivity contribution is 1.33. The van der Waals surface area contributed by atoms with Crippen LogP contribution in [-0.4, -0.2) is 6.15 Å². The Morgan fingerprint density at radius 1 is 0.303 bits per heavy atom. The van der Waals surface area contributed by atoms with E-state index < -0.39 is 6.15 Å². The van der Waals surface area contributed by atoms with Crippen LogP contribution in [0.15, 0.2) is 72.8 Å². The van der Waals surface area contributed by atoms with Gasteiger partial charge in [0.15, 0.2) is 0 Å². The van der Waals surface area contributed by atoms with Crippen LogP contribution in [0.3, 0.4) is 0 Å². The molecule has 4 aromatic carbocycles. The van der Waals surface area contributed by atoms with Crippen molar-refractivity contribution < 1.29 is 0 Å². The second kappa shape index (κ2) is 8.71. The SMILES string of the molecule is Cc1ccc([B-](c2ccc(C)c(C)c2)(c2ccc(C)c(C)c2)c2ccc(C)c(C)c2)cc1C. The maximum absolute atomic E-state index is 2.43. The molecule has 33 heavy (non-hydrogen) atoms. The molecule has 168 valence electrons. The molecule has 0 radical (unpaired) electrons. The summed E-state index contributed by atoms with van der Waals surface area (Å²) in [6.45, 7) is 17.8. The molecule has 0 atom stereocenters. The van der Waals surface area contributed by atoms with Crippen LogP contribution in [0.5, 0.6) is 0 Å². The Balaban J connectivity index is 2.21. The first kappa shape index (κ1) is 23.1. The third kappa shape index (κ3) is 3.95. The highest BCUT2D eigenvalue weighted by molar-refractivity contribution is 7.19. The summed E-state index contributed by atoms with van der Waals surface area (Å²) in [4.78, 5) is 0. The van der Waals surface area contributed by atoms with Crippen molar-refractivity contribution in [2.24, 2.45) is 0 Å². The number of aryl methyl sites for hydroxylation is 8. The van der Waals surface area contributed by atoms with Crippen molar-refractivity contribution in [2.45, 2.75) is 55.4 Å². The van der Waals surface area contributed by atoms with Gasteiger partial charge in [0.05, 0.1) is 0 Å². The molecule has 0 aliphatic carbocycles. The molecule has 0 saturated carbocycles. The van der Waals surface area contributed by atoms with E-state index in [1.54, 1.807) is 0 Å². The minimum Gasteiger partial charge on any atom is -0.195 e. The van der Waals surface area contributed by atoms with Crippen molar-refractivity contribution in [1.82, 2.24) is 0 Å². The lowest BCUT2D eigenvalue weighted by Gasteiger charge is -2.45. The third-order valence-corrected chi connectivity index (χ3v) is 8.12. The monoisotopic (exact) mass is 431 g/mol. The summed E-state index contributed by atoms with van der Waals surface area (Å²) >= 11 is 0. The van der Waals surface area contributed by atoms with E-state index in [2.05, 4.69) is 128 Å². The topological polar surface area (TPSA) is 0 Å². The predicted molar refractivity (Wildman–Crippen MR) is 148 cm³/mol. The molecule has 4 aromatic rings. The van der Waals surface area contributed by atoms with Gasteiger partial charge in [-0.2, -0.15) is 21.9 Å². The number of benzene rings is 4. The summed E-state index contributed by atoms with van der Waals surface area (Å²) in [5, 5.41) is 0. The lowest BCUT2D eigenvalue weighted by atomic mass is 9.13. The van der Waals surface area contributed by atoms with Gasteiger partial charge >= 0.3 is 0 Å². The van der Waals surface area contributed by atoms with Crippen LogP contribution in [0.2, 0.25) is 0 Å². The van der Waals surface area contributed by atoms with Crippen LogP contribution >= 0.6 is 0 Å². The van der Waals surface area contributed by atoms with E-state index in [1.165, 1.54) is 66.4 Å². The molecule has 0 spiro atoms. The van der Waals surface area contributed by atoms with E-state index in [4.69, 9.17) is 0 Å². The molecule has 0 fully saturated rings. The third-order valence-electron chi connectivity index (χ3n) is 8.12. The average Bonchev–Trinajstić information content (AvgIpc) is 2.78. The van der Waals surface area contributed by atoms with E-state index >= 15 is 0 Å². The van der Waals surface area contributed by atoms with E-state index in [-0.39, 0.29) is 0 Å². The molecule has 0 saturated heterocycles. The Bertz CT molecular complexity index is 1130. The Morgan fingerprint density at radius 3 is 0.697 bits per heavy atom. The summed E-state index contributed by atoms with van der Waals surface area (Å²) in [6, 6.07) is 28.3. The number of hydrogen-bond donors (Lipinski definition) is 0. The molecule has 0 bridgehead atoms. The maximum atomic E-state index is 2.43. The first-order valence-electron chi connectivity index (χ1n) is 12.1. The Hall–Kier alpha value is -3.06. The van der Waals surface area contributed by atoms with Gasteiger partial charge < -0.3 is 0 Å². The van der Waals surface area contributed by atoms with E-state index in [9.17, 15) is 0 Å². The van der Waals surface area contributed by atoms with Gasteiger partial charge in [-0.25, -0.2) is 0 Å². The quantitative estimate of drug-likeness (QED) is 0.373. The lowest BCUT2D eigenvalue weighted by Crippen LogP contribution is -2.75. The van der Waals surface area contributed by atoms with Gasteiger partial charge in [0.1, 0.15) is 6.15 Å². The first-order valence-corrected chi connectivity index (χ1v) is 12.1. The number of rotatable bonds is 4. The highest BCUT2D eigenvalue weighted by Gasteiger charge is 2.32. The molecule has 1 heteroatoms. The molecule has 0 amide bonds. The molecule has 0 N–H and O–H groups in total. The second-order valence-corrected chi connectivity index (χ2v) is 10.2. The van der Waals surface area contributed by atoms with E-state index in [0.717, 1.165) is 0 Å². The molecule has 4 rings (SSSR count). The van der Waals surface area contributed by atoms with Gasteiger partial charge in [0, 0.05) is 0 Å².